The first-order valence-electron chi connectivity index (χ1n) is 14.0. The minimum Gasteiger partial charge on any atom is -0.406 e. The van der Waals surface area contributed by atoms with Gasteiger partial charge in [-0.1, -0.05) is 61.5 Å². The van der Waals surface area contributed by atoms with Crippen LogP contribution in [0.4, 0.5) is 29.3 Å². The largest absolute Gasteiger partial charge is 0.573 e. The highest BCUT2D eigenvalue weighted by molar-refractivity contribution is 8.14. The van der Waals surface area contributed by atoms with Crippen LogP contribution in [0.3, 0.4) is 0 Å². The van der Waals surface area contributed by atoms with E-state index in [0.29, 0.717) is 16.4 Å². The Bertz CT molecular complexity index is 1590. The van der Waals surface area contributed by atoms with Crippen molar-refractivity contribution in [2.75, 3.05) is 22.2 Å². The Morgan fingerprint density at radius 1 is 1.20 bits per heavy atom. The van der Waals surface area contributed by atoms with Crippen molar-refractivity contribution in [3.8, 4) is 11.8 Å². The molecule has 2 aliphatic rings. The number of nitriles is 1. The van der Waals surface area contributed by atoms with Crippen LogP contribution >= 0.6 is 11.8 Å². The van der Waals surface area contributed by atoms with Crippen molar-refractivity contribution >= 4 is 40.7 Å². The first-order valence-corrected chi connectivity index (χ1v) is 14.9. The molecule has 1 fully saturated rings. The quantitative estimate of drug-likeness (QED) is 0.286. The Morgan fingerprint density at radius 3 is 2.64 bits per heavy atom. The fourth-order valence-corrected chi connectivity index (χ4v) is 5.82. The molecule has 0 aliphatic carbocycles. The van der Waals surface area contributed by atoms with Gasteiger partial charge < -0.3 is 15.0 Å². The predicted molar refractivity (Wildman–Crippen MR) is 166 cm³/mol. The van der Waals surface area contributed by atoms with Crippen LogP contribution in [0.15, 0.2) is 76.7 Å². The summed E-state index contributed by atoms with van der Waals surface area (Å²) in [5.41, 5.74) is 8.49. The summed E-state index contributed by atoms with van der Waals surface area (Å²) in [6, 6.07) is 19.4. The van der Waals surface area contributed by atoms with Crippen LogP contribution in [0, 0.1) is 18.3 Å². The molecule has 13 heteroatoms. The van der Waals surface area contributed by atoms with E-state index in [9.17, 15) is 23.2 Å². The molecule has 2 N–H and O–H groups in total. The molecule has 2 unspecified atom stereocenters. The molecule has 228 valence electrons. The number of hydrogen-bond donors (Lipinski definition) is 2. The summed E-state index contributed by atoms with van der Waals surface area (Å²) < 4.78 is 41.2. The summed E-state index contributed by atoms with van der Waals surface area (Å²) in [4.78, 5) is 23.8. The second-order valence-corrected chi connectivity index (χ2v) is 11.2. The molecule has 0 radical (unpaired) electrons. The summed E-state index contributed by atoms with van der Waals surface area (Å²) in [5.74, 6) is 0.489. The summed E-state index contributed by atoms with van der Waals surface area (Å²) in [5, 5.41) is 14.7. The number of rotatable bonds is 8. The number of urea groups is 1. The Balaban J connectivity index is 1.21. The van der Waals surface area contributed by atoms with Crippen molar-refractivity contribution in [3.63, 3.8) is 0 Å². The molecule has 1 saturated heterocycles. The zero-order valence-electron chi connectivity index (χ0n) is 24.0. The minimum atomic E-state index is -4.76. The zero-order valence-corrected chi connectivity index (χ0v) is 24.8. The Hall–Kier alpha value is -4.54. The minimum absolute atomic E-state index is 0.318. The van der Waals surface area contributed by atoms with E-state index in [1.807, 2.05) is 6.92 Å². The maximum Gasteiger partial charge on any atom is 0.573 e. The topological polar surface area (TPSA) is 105 Å². The molecule has 0 saturated carbocycles. The molecule has 5 rings (SSSR count). The number of nitrogens with one attached hydrogen (secondary N) is 2. The Kier molecular flexibility index (Phi) is 9.41. The van der Waals surface area contributed by atoms with Crippen LogP contribution in [-0.4, -0.2) is 36.2 Å². The summed E-state index contributed by atoms with van der Waals surface area (Å²) in [6.07, 6.45) is -1.75. The lowest BCUT2D eigenvalue weighted by molar-refractivity contribution is -0.274. The van der Waals surface area contributed by atoms with E-state index >= 15 is 0 Å². The van der Waals surface area contributed by atoms with Crippen molar-refractivity contribution in [1.82, 2.24) is 10.7 Å². The number of benzene rings is 3. The maximum atomic E-state index is 12.9. The van der Waals surface area contributed by atoms with Gasteiger partial charge in [0.1, 0.15) is 24.3 Å². The standard InChI is InChI=1S/C31H30F3N7O2S/c1-3-4-22-6-5-20(2)17-27(22)40-15-16-44-30(40)38-29(42)37-26(18-35)21-7-9-23(10-8-21)28-36-19-41(39-28)24-11-13-25(14-12-24)43-31(32,33)34/h5-14,17,19,26,28,39H,3-4,15-16H2,1-2H3,(H,37,42). The van der Waals surface area contributed by atoms with Crippen LogP contribution in [-0.2, 0) is 6.42 Å². The number of anilines is 2. The number of ether oxygens (including phenoxy) is 1. The fourth-order valence-electron chi connectivity index (χ4n) is 4.87. The average molecular weight is 622 g/mol. The van der Waals surface area contributed by atoms with Gasteiger partial charge in [-0.15, -0.1) is 13.2 Å². The van der Waals surface area contributed by atoms with Crippen LogP contribution in [0.2, 0.25) is 0 Å². The van der Waals surface area contributed by atoms with Crippen molar-refractivity contribution in [3.05, 3.63) is 89.0 Å². The number of nitrogens with zero attached hydrogens (tertiary/aromatic N) is 5. The third-order valence-electron chi connectivity index (χ3n) is 6.95. The van der Waals surface area contributed by atoms with E-state index in [1.165, 1.54) is 47.9 Å². The number of alkyl halides is 3. The van der Waals surface area contributed by atoms with Crippen LogP contribution in [0.5, 0.6) is 5.75 Å². The van der Waals surface area contributed by atoms with Gasteiger partial charge in [0.25, 0.3) is 0 Å². The second-order valence-electron chi connectivity index (χ2n) is 10.2. The smallest absolute Gasteiger partial charge is 0.406 e. The molecule has 2 heterocycles. The molecule has 0 bridgehead atoms. The highest BCUT2D eigenvalue weighted by Crippen LogP contribution is 2.31. The lowest BCUT2D eigenvalue weighted by atomic mass is 10.0. The van der Waals surface area contributed by atoms with Gasteiger partial charge in [0.2, 0.25) is 0 Å². The highest BCUT2D eigenvalue weighted by Gasteiger charge is 2.31. The van der Waals surface area contributed by atoms with E-state index in [4.69, 9.17) is 0 Å². The SMILES string of the molecule is CCCc1ccc(C)cc1N1CCSC1=NC(=O)NC(C#N)c1ccc(C2N=CN(c3ccc(OC(F)(F)F)cc3)N2)cc1. The Labute approximate surface area is 257 Å². The van der Waals surface area contributed by atoms with E-state index < -0.39 is 24.6 Å². The molecule has 9 nitrogen and oxygen atoms in total. The number of carbonyl (C=O) groups excluding carboxylic acids is 1. The number of carbonyl (C=O) groups is 1. The molecule has 2 atom stereocenters. The van der Waals surface area contributed by atoms with E-state index in [0.717, 1.165) is 42.0 Å². The van der Waals surface area contributed by atoms with E-state index in [-0.39, 0.29) is 5.75 Å². The summed E-state index contributed by atoms with van der Waals surface area (Å²) in [6.45, 7) is 4.92. The monoisotopic (exact) mass is 621 g/mol. The molecular weight excluding hydrogens is 591 g/mol. The van der Waals surface area contributed by atoms with Crippen LogP contribution in [0.25, 0.3) is 0 Å². The van der Waals surface area contributed by atoms with Gasteiger partial charge >= 0.3 is 12.4 Å². The number of halogens is 3. The van der Waals surface area contributed by atoms with Crippen molar-refractivity contribution in [2.24, 2.45) is 9.98 Å². The summed E-state index contributed by atoms with van der Waals surface area (Å²) >= 11 is 1.51. The van der Waals surface area contributed by atoms with Gasteiger partial charge in [-0.3, -0.25) is 5.01 Å². The van der Waals surface area contributed by atoms with Crippen molar-refractivity contribution < 1.29 is 22.7 Å². The highest BCUT2D eigenvalue weighted by atomic mass is 32.2. The lowest BCUT2D eigenvalue weighted by Gasteiger charge is -2.22. The molecule has 0 spiro atoms. The first-order chi connectivity index (χ1) is 21.1. The number of aryl methyl sites for hydroxylation is 2. The number of hydrazine groups is 1. The lowest BCUT2D eigenvalue weighted by Crippen LogP contribution is -2.33. The van der Waals surface area contributed by atoms with Gasteiger partial charge in [-0.2, -0.15) is 15.7 Å². The third-order valence-corrected chi connectivity index (χ3v) is 7.91. The number of thioether (sulfide) groups is 1. The second kappa shape index (κ2) is 13.4. The Morgan fingerprint density at radius 2 is 1.95 bits per heavy atom. The normalized spacial score (nSPS) is 18.0. The van der Waals surface area contributed by atoms with Gasteiger partial charge in [-0.05, 0) is 65.9 Å². The third kappa shape index (κ3) is 7.50. The molecule has 2 amide bonds. The number of amidine groups is 1. The maximum absolute atomic E-state index is 12.9. The molecule has 3 aromatic carbocycles. The van der Waals surface area contributed by atoms with E-state index in [2.05, 4.69) is 61.6 Å². The molecule has 2 aliphatic heterocycles. The summed E-state index contributed by atoms with van der Waals surface area (Å²) in [7, 11) is 0. The van der Waals surface area contributed by atoms with Gasteiger partial charge in [0.15, 0.2) is 5.17 Å². The van der Waals surface area contributed by atoms with E-state index in [1.54, 1.807) is 29.3 Å². The average Bonchev–Trinajstić information content (AvgIpc) is 3.67. The number of amides is 2. The number of aliphatic imine (C=N–C) groups is 2. The fraction of sp³-hybridized carbons (Fsp3) is 0.290. The van der Waals surface area contributed by atoms with Crippen molar-refractivity contribution in [2.45, 2.75) is 45.3 Å². The number of hydrogen-bond acceptors (Lipinski definition) is 7. The van der Waals surface area contributed by atoms with Crippen LogP contribution < -0.4 is 25.4 Å². The molecular formula is C31H30F3N7O2S. The molecule has 0 aromatic heterocycles. The van der Waals surface area contributed by atoms with Gasteiger partial charge in [0, 0.05) is 18.0 Å². The van der Waals surface area contributed by atoms with Crippen LogP contribution in [0.1, 0.15) is 47.8 Å². The zero-order chi connectivity index (χ0) is 31.3. The predicted octanol–water partition coefficient (Wildman–Crippen LogP) is 6.78. The first kappa shape index (κ1) is 30.9. The van der Waals surface area contributed by atoms with Crippen molar-refractivity contribution in [1.29, 1.82) is 5.26 Å². The van der Waals surface area contributed by atoms with Gasteiger partial charge in [-0.25, -0.2) is 9.79 Å². The molecule has 44 heavy (non-hydrogen) atoms. The molecule has 3 aromatic rings. The van der Waals surface area contributed by atoms with Gasteiger partial charge in [0.05, 0.1) is 11.8 Å².